The highest BCUT2D eigenvalue weighted by atomic mass is 16.6. The molecule has 0 saturated carbocycles. The molecule has 2 aromatic carbocycles. The third-order valence-electron chi connectivity index (χ3n) is 5.66. The predicted octanol–water partition coefficient (Wildman–Crippen LogP) is 4.47. The van der Waals surface area contributed by atoms with E-state index >= 15 is 0 Å². The first-order valence-corrected chi connectivity index (χ1v) is 11.1. The summed E-state index contributed by atoms with van der Waals surface area (Å²) < 4.78 is 22.4. The highest BCUT2D eigenvalue weighted by Crippen LogP contribution is 2.44. The molecule has 2 aliphatic heterocycles. The van der Waals surface area contributed by atoms with Crippen LogP contribution in [0, 0.1) is 0 Å². The molecule has 3 heterocycles. The van der Waals surface area contributed by atoms with E-state index in [1.54, 1.807) is 54.6 Å². The third kappa shape index (κ3) is 3.77. The van der Waals surface area contributed by atoms with Gasteiger partial charge in [0.15, 0.2) is 11.5 Å². The summed E-state index contributed by atoms with van der Waals surface area (Å²) in [4.78, 5) is 27.7. The van der Waals surface area contributed by atoms with E-state index in [1.165, 1.54) is 11.2 Å². The fourth-order valence-corrected chi connectivity index (χ4v) is 4.08. The van der Waals surface area contributed by atoms with Crippen LogP contribution < -0.4 is 19.1 Å². The number of amides is 1. The zero-order chi connectivity index (χ0) is 23.7. The molecule has 34 heavy (non-hydrogen) atoms. The number of Topliss-reactive ketones (excluding diaryl/α,β-unsaturated/α-hetero) is 1. The van der Waals surface area contributed by atoms with Gasteiger partial charge in [-0.25, -0.2) is 0 Å². The Morgan fingerprint density at radius 2 is 1.82 bits per heavy atom. The minimum Gasteiger partial charge on any atom is -0.507 e. The number of aliphatic hydroxyl groups excluding tert-OH is 1. The smallest absolute Gasteiger partial charge is 0.300 e. The highest BCUT2D eigenvalue weighted by Gasteiger charge is 2.48. The van der Waals surface area contributed by atoms with Crippen LogP contribution in [0.4, 0.5) is 5.69 Å². The molecule has 0 aliphatic carbocycles. The van der Waals surface area contributed by atoms with Crippen molar-refractivity contribution in [2.45, 2.75) is 19.4 Å². The summed E-state index contributed by atoms with van der Waals surface area (Å²) >= 11 is 0. The van der Waals surface area contributed by atoms with E-state index in [0.717, 1.165) is 6.42 Å². The number of hydrogen-bond donors (Lipinski definition) is 1. The number of furan rings is 1. The van der Waals surface area contributed by atoms with Gasteiger partial charge in [0.1, 0.15) is 36.5 Å². The van der Waals surface area contributed by atoms with Crippen LogP contribution in [-0.4, -0.2) is 36.6 Å². The maximum absolute atomic E-state index is 13.2. The number of fused-ring (bicyclic) bond motifs is 1. The van der Waals surface area contributed by atoms with Crippen molar-refractivity contribution in [1.82, 2.24) is 0 Å². The Labute approximate surface area is 196 Å². The van der Waals surface area contributed by atoms with E-state index in [0.29, 0.717) is 54.1 Å². The monoisotopic (exact) mass is 461 g/mol. The lowest BCUT2D eigenvalue weighted by Crippen LogP contribution is -2.29. The average Bonchev–Trinajstić information content (AvgIpc) is 3.49. The number of ether oxygens (including phenoxy) is 3. The second-order valence-corrected chi connectivity index (χ2v) is 7.89. The molecule has 3 aromatic rings. The van der Waals surface area contributed by atoms with Crippen LogP contribution in [0.5, 0.6) is 17.2 Å². The lowest BCUT2D eigenvalue weighted by atomic mass is 9.99. The Bertz CT molecular complexity index is 1240. The van der Waals surface area contributed by atoms with Gasteiger partial charge in [-0.05, 0) is 55.0 Å². The van der Waals surface area contributed by atoms with E-state index in [2.05, 4.69) is 0 Å². The van der Waals surface area contributed by atoms with Gasteiger partial charge in [-0.2, -0.15) is 0 Å². The minimum absolute atomic E-state index is 0.0583. The molecule has 1 N–H and O–H groups in total. The summed E-state index contributed by atoms with van der Waals surface area (Å²) in [5.41, 5.74) is 0.757. The molecule has 174 valence electrons. The quantitative estimate of drug-likeness (QED) is 0.329. The number of anilines is 1. The fourth-order valence-electron chi connectivity index (χ4n) is 4.08. The number of benzene rings is 2. The lowest BCUT2D eigenvalue weighted by Gasteiger charge is -2.25. The molecule has 1 atom stereocenters. The van der Waals surface area contributed by atoms with Gasteiger partial charge in [0.25, 0.3) is 11.7 Å². The topological polar surface area (TPSA) is 98.4 Å². The highest BCUT2D eigenvalue weighted by molar-refractivity contribution is 6.51. The van der Waals surface area contributed by atoms with Crippen molar-refractivity contribution in [3.05, 3.63) is 77.8 Å². The maximum Gasteiger partial charge on any atom is 0.300 e. The average molecular weight is 461 g/mol. The first-order valence-electron chi connectivity index (χ1n) is 11.1. The first-order chi connectivity index (χ1) is 16.6. The van der Waals surface area contributed by atoms with Crippen molar-refractivity contribution in [2.75, 3.05) is 24.7 Å². The largest absolute Gasteiger partial charge is 0.507 e. The van der Waals surface area contributed by atoms with Crippen molar-refractivity contribution >= 4 is 23.1 Å². The van der Waals surface area contributed by atoms with Crippen LogP contribution in [0.3, 0.4) is 0 Å². The Balaban J connectivity index is 1.59. The Morgan fingerprint density at radius 1 is 1.06 bits per heavy atom. The summed E-state index contributed by atoms with van der Waals surface area (Å²) in [6.07, 6.45) is 2.33. The summed E-state index contributed by atoms with van der Waals surface area (Å²) in [5.74, 6) is 0.166. The van der Waals surface area contributed by atoms with E-state index in [4.69, 9.17) is 18.6 Å². The number of hydrogen-bond acceptors (Lipinski definition) is 7. The van der Waals surface area contributed by atoms with Crippen molar-refractivity contribution in [3.8, 4) is 17.2 Å². The van der Waals surface area contributed by atoms with E-state index in [-0.39, 0.29) is 11.3 Å². The van der Waals surface area contributed by atoms with Gasteiger partial charge in [-0.3, -0.25) is 14.5 Å². The Kier molecular flexibility index (Phi) is 5.71. The second-order valence-electron chi connectivity index (χ2n) is 7.89. The van der Waals surface area contributed by atoms with Gasteiger partial charge in [-0.15, -0.1) is 0 Å². The van der Waals surface area contributed by atoms with Gasteiger partial charge in [0, 0.05) is 17.3 Å². The summed E-state index contributed by atoms with van der Waals surface area (Å²) in [6.45, 7) is 3.40. The van der Waals surface area contributed by atoms with Crippen molar-refractivity contribution < 1.29 is 33.3 Å². The number of nitrogens with zero attached hydrogens (tertiary/aromatic N) is 1. The third-order valence-corrected chi connectivity index (χ3v) is 5.66. The van der Waals surface area contributed by atoms with E-state index in [9.17, 15) is 14.7 Å². The molecule has 1 amide bonds. The van der Waals surface area contributed by atoms with Crippen molar-refractivity contribution in [3.63, 3.8) is 0 Å². The molecule has 1 unspecified atom stereocenters. The molecule has 2 aliphatic rings. The van der Waals surface area contributed by atoms with Crippen molar-refractivity contribution in [2.24, 2.45) is 0 Å². The zero-order valence-electron chi connectivity index (χ0n) is 18.5. The van der Waals surface area contributed by atoms with Crippen LogP contribution >= 0.6 is 0 Å². The van der Waals surface area contributed by atoms with Gasteiger partial charge in [0.2, 0.25) is 0 Å². The molecule has 1 aromatic heterocycles. The van der Waals surface area contributed by atoms with Gasteiger partial charge in [-0.1, -0.05) is 6.92 Å². The predicted molar refractivity (Wildman–Crippen MR) is 123 cm³/mol. The standard InChI is InChI=1S/C26H23NO7/c1-2-11-31-18-8-5-16(6-9-18)24(28)22-23(20-4-3-12-32-20)27(26(30)25(22)29)17-7-10-19-21(15-17)34-14-13-33-19/h3-10,12,15,23,28H,2,11,13-14H2,1H3/b24-22-. The summed E-state index contributed by atoms with van der Waals surface area (Å²) in [5, 5.41) is 11.2. The molecule has 8 nitrogen and oxygen atoms in total. The lowest BCUT2D eigenvalue weighted by molar-refractivity contribution is -0.132. The summed E-state index contributed by atoms with van der Waals surface area (Å²) in [6, 6.07) is 14.1. The number of ketones is 1. The van der Waals surface area contributed by atoms with E-state index < -0.39 is 17.7 Å². The number of rotatable bonds is 6. The molecule has 1 fully saturated rings. The summed E-state index contributed by atoms with van der Waals surface area (Å²) in [7, 11) is 0. The molecular formula is C26H23NO7. The number of carbonyl (C=O) groups excluding carboxylic acids is 2. The Hall–Kier alpha value is -4.20. The fraction of sp³-hybridized carbons (Fsp3) is 0.231. The number of carbonyl (C=O) groups is 2. The van der Waals surface area contributed by atoms with Gasteiger partial charge >= 0.3 is 0 Å². The molecular weight excluding hydrogens is 438 g/mol. The van der Waals surface area contributed by atoms with Crippen LogP contribution in [0.1, 0.15) is 30.7 Å². The molecule has 8 heteroatoms. The molecule has 1 saturated heterocycles. The number of aliphatic hydroxyl groups is 1. The van der Waals surface area contributed by atoms with Crippen molar-refractivity contribution in [1.29, 1.82) is 0 Å². The molecule has 5 rings (SSSR count). The van der Waals surface area contributed by atoms with Crippen LogP contribution in [0.15, 0.2) is 70.9 Å². The molecule has 0 bridgehead atoms. The molecule has 0 radical (unpaired) electrons. The second kappa shape index (κ2) is 8.97. The first kappa shape index (κ1) is 21.6. The van der Waals surface area contributed by atoms with Crippen LogP contribution in [0.25, 0.3) is 5.76 Å². The zero-order valence-corrected chi connectivity index (χ0v) is 18.5. The SMILES string of the molecule is CCCOc1ccc(/C(O)=C2/C(=O)C(=O)N(c3ccc4c(c3)OCCO4)C2c2ccco2)cc1. The van der Waals surface area contributed by atoms with E-state index in [1.807, 2.05) is 6.92 Å². The molecule has 0 spiro atoms. The normalized spacial score (nSPS) is 18.9. The van der Waals surface area contributed by atoms with Gasteiger partial charge in [0.05, 0.1) is 18.4 Å². The minimum atomic E-state index is -0.950. The Morgan fingerprint density at radius 3 is 2.53 bits per heavy atom. The maximum atomic E-state index is 13.2. The van der Waals surface area contributed by atoms with Crippen LogP contribution in [0.2, 0.25) is 0 Å². The van der Waals surface area contributed by atoms with Crippen LogP contribution in [-0.2, 0) is 9.59 Å². The van der Waals surface area contributed by atoms with Gasteiger partial charge < -0.3 is 23.7 Å².